The summed E-state index contributed by atoms with van der Waals surface area (Å²) in [5.74, 6) is 1.14. The fourth-order valence-corrected chi connectivity index (χ4v) is 3.42. The first-order valence-corrected chi connectivity index (χ1v) is 9.32. The minimum Gasteiger partial charge on any atom is -0.360 e. The summed E-state index contributed by atoms with van der Waals surface area (Å²) in [6.45, 7) is 4.17. The molecule has 26 heavy (non-hydrogen) atoms. The predicted molar refractivity (Wildman–Crippen MR) is 104 cm³/mol. The van der Waals surface area contributed by atoms with Crippen LogP contribution in [0.25, 0.3) is 0 Å². The number of nitrogens with zero attached hydrogens (tertiary/aromatic N) is 4. The number of aromatic nitrogens is 2. The van der Waals surface area contributed by atoms with E-state index in [2.05, 4.69) is 50.5 Å². The van der Waals surface area contributed by atoms with Gasteiger partial charge in [-0.25, -0.2) is 9.37 Å². The van der Waals surface area contributed by atoms with Gasteiger partial charge in [0.1, 0.15) is 0 Å². The Hall–Kier alpha value is -2.21. The molecule has 1 aromatic heterocycles. The third-order valence-corrected chi connectivity index (χ3v) is 4.94. The molecule has 0 atom stereocenters. The van der Waals surface area contributed by atoms with Crippen LogP contribution in [0, 0.1) is 11.7 Å². The van der Waals surface area contributed by atoms with Gasteiger partial charge < -0.3 is 10.2 Å². The Morgan fingerprint density at radius 2 is 1.92 bits per heavy atom. The van der Waals surface area contributed by atoms with Crippen molar-refractivity contribution in [2.75, 3.05) is 43.9 Å². The summed E-state index contributed by atoms with van der Waals surface area (Å²) < 4.78 is 13.6. The highest BCUT2D eigenvalue weighted by Crippen LogP contribution is 2.22. The molecule has 0 amide bonds. The van der Waals surface area contributed by atoms with E-state index in [-0.39, 0.29) is 0 Å². The molecule has 1 fully saturated rings. The fraction of sp³-hybridized carbons (Fsp3) is 0.500. The second kappa shape index (κ2) is 8.94. The highest BCUT2D eigenvalue weighted by molar-refractivity contribution is 5.42. The molecule has 1 aliphatic heterocycles. The number of anilines is 2. The van der Waals surface area contributed by atoms with Gasteiger partial charge in [-0.2, -0.15) is 4.98 Å². The summed E-state index contributed by atoms with van der Waals surface area (Å²) in [5, 5.41) is 3.24. The molecule has 1 aliphatic rings. The maximum absolute atomic E-state index is 13.6. The zero-order valence-electron chi connectivity index (χ0n) is 15.7. The standard InChI is InChI=1S/C20H28FN5/c1-25(2)19-18(21)14-23-20(24-19)22-11-8-16-9-12-26(13-10-16)15-17-6-4-3-5-7-17/h3-7,14,16H,8-13,15H2,1-2H3,(H,22,23,24). The molecule has 2 aromatic rings. The van der Waals surface area contributed by atoms with Crippen LogP contribution in [-0.4, -0.2) is 48.6 Å². The van der Waals surface area contributed by atoms with Crippen molar-refractivity contribution >= 4 is 11.8 Å². The molecule has 6 heteroatoms. The summed E-state index contributed by atoms with van der Waals surface area (Å²) in [7, 11) is 3.55. The molecule has 3 rings (SSSR count). The van der Waals surface area contributed by atoms with Gasteiger partial charge in [-0.05, 0) is 43.8 Å². The number of likely N-dealkylation sites (tertiary alicyclic amines) is 1. The minimum absolute atomic E-state index is 0.316. The quantitative estimate of drug-likeness (QED) is 0.823. The molecule has 0 bridgehead atoms. The normalized spacial score (nSPS) is 15.8. The Balaban J connectivity index is 1.40. The van der Waals surface area contributed by atoms with E-state index in [0.717, 1.165) is 38.5 Å². The van der Waals surface area contributed by atoms with E-state index < -0.39 is 5.82 Å². The highest BCUT2D eigenvalue weighted by atomic mass is 19.1. The van der Waals surface area contributed by atoms with E-state index in [9.17, 15) is 4.39 Å². The van der Waals surface area contributed by atoms with Gasteiger partial charge in [0.2, 0.25) is 5.95 Å². The zero-order valence-corrected chi connectivity index (χ0v) is 15.7. The molecule has 2 heterocycles. The Morgan fingerprint density at radius 3 is 2.62 bits per heavy atom. The van der Waals surface area contributed by atoms with E-state index in [0.29, 0.717) is 11.8 Å². The lowest BCUT2D eigenvalue weighted by Crippen LogP contribution is -2.33. The lowest BCUT2D eigenvalue weighted by Gasteiger charge is -2.32. The molecular formula is C20H28FN5. The third kappa shape index (κ3) is 5.14. The van der Waals surface area contributed by atoms with Gasteiger partial charge in [-0.1, -0.05) is 30.3 Å². The second-order valence-corrected chi connectivity index (χ2v) is 7.18. The monoisotopic (exact) mass is 357 g/mol. The molecule has 0 saturated carbocycles. The molecule has 5 nitrogen and oxygen atoms in total. The number of piperidine rings is 1. The molecule has 0 spiro atoms. The van der Waals surface area contributed by atoms with Crippen molar-refractivity contribution in [2.45, 2.75) is 25.8 Å². The molecule has 0 radical (unpaired) electrons. The van der Waals surface area contributed by atoms with Crippen molar-refractivity contribution in [3.63, 3.8) is 0 Å². The van der Waals surface area contributed by atoms with Crippen molar-refractivity contribution in [2.24, 2.45) is 5.92 Å². The summed E-state index contributed by atoms with van der Waals surface area (Å²) in [6.07, 6.45) is 4.77. The number of halogens is 1. The Labute approximate surface area is 155 Å². The van der Waals surface area contributed by atoms with Crippen LogP contribution in [0.1, 0.15) is 24.8 Å². The molecule has 0 unspecified atom stereocenters. The van der Waals surface area contributed by atoms with Gasteiger partial charge in [0.15, 0.2) is 11.6 Å². The summed E-state index contributed by atoms with van der Waals surface area (Å²) in [6, 6.07) is 10.7. The predicted octanol–water partition coefficient (Wildman–Crippen LogP) is 3.40. The van der Waals surface area contributed by atoms with Crippen molar-refractivity contribution in [1.82, 2.24) is 14.9 Å². The number of hydrogen-bond donors (Lipinski definition) is 1. The van der Waals surface area contributed by atoms with Crippen LogP contribution >= 0.6 is 0 Å². The third-order valence-electron chi connectivity index (χ3n) is 4.94. The van der Waals surface area contributed by atoms with Crippen LogP contribution in [0.5, 0.6) is 0 Å². The Morgan fingerprint density at radius 1 is 1.19 bits per heavy atom. The van der Waals surface area contributed by atoms with Crippen LogP contribution in [-0.2, 0) is 6.54 Å². The summed E-state index contributed by atoms with van der Waals surface area (Å²) in [5.41, 5.74) is 1.39. The van der Waals surface area contributed by atoms with E-state index in [1.165, 1.54) is 24.6 Å². The van der Waals surface area contributed by atoms with E-state index in [1.807, 2.05) is 0 Å². The number of hydrogen-bond acceptors (Lipinski definition) is 5. The van der Waals surface area contributed by atoms with E-state index in [1.54, 1.807) is 19.0 Å². The SMILES string of the molecule is CN(C)c1nc(NCCC2CCN(Cc3ccccc3)CC2)ncc1F. The highest BCUT2D eigenvalue weighted by Gasteiger charge is 2.19. The minimum atomic E-state index is -0.397. The van der Waals surface area contributed by atoms with Gasteiger partial charge >= 0.3 is 0 Å². The van der Waals surface area contributed by atoms with Crippen LogP contribution in [0.2, 0.25) is 0 Å². The van der Waals surface area contributed by atoms with Gasteiger partial charge in [0.25, 0.3) is 0 Å². The first kappa shape index (κ1) is 18.6. The lowest BCUT2D eigenvalue weighted by atomic mass is 9.93. The lowest BCUT2D eigenvalue weighted by molar-refractivity contribution is 0.174. The average Bonchev–Trinajstić information content (AvgIpc) is 2.65. The number of rotatable bonds is 7. The van der Waals surface area contributed by atoms with Crippen molar-refractivity contribution in [1.29, 1.82) is 0 Å². The van der Waals surface area contributed by atoms with Gasteiger partial charge in [-0.3, -0.25) is 4.90 Å². The molecule has 1 aromatic carbocycles. The first-order chi connectivity index (χ1) is 12.6. The maximum Gasteiger partial charge on any atom is 0.224 e. The molecule has 1 N–H and O–H groups in total. The number of benzene rings is 1. The molecule has 140 valence electrons. The first-order valence-electron chi connectivity index (χ1n) is 9.32. The van der Waals surface area contributed by atoms with Crippen LogP contribution in [0.15, 0.2) is 36.5 Å². The number of nitrogens with one attached hydrogen (secondary N) is 1. The van der Waals surface area contributed by atoms with Crippen LogP contribution in [0.4, 0.5) is 16.2 Å². The van der Waals surface area contributed by atoms with Crippen molar-refractivity contribution in [3.8, 4) is 0 Å². The van der Waals surface area contributed by atoms with E-state index >= 15 is 0 Å². The van der Waals surface area contributed by atoms with Gasteiger partial charge in [0, 0.05) is 27.2 Å². The topological polar surface area (TPSA) is 44.3 Å². The van der Waals surface area contributed by atoms with Gasteiger partial charge in [0.05, 0.1) is 6.20 Å². The maximum atomic E-state index is 13.6. The second-order valence-electron chi connectivity index (χ2n) is 7.18. The largest absolute Gasteiger partial charge is 0.360 e. The summed E-state index contributed by atoms with van der Waals surface area (Å²) in [4.78, 5) is 12.5. The van der Waals surface area contributed by atoms with Crippen LogP contribution in [0.3, 0.4) is 0 Å². The van der Waals surface area contributed by atoms with Crippen molar-refractivity contribution in [3.05, 3.63) is 47.9 Å². The van der Waals surface area contributed by atoms with Gasteiger partial charge in [-0.15, -0.1) is 0 Å². The van der Waals surface area contributed by atoms with E-state index in [4.69, 9.17) is 0 Å². The molecule has 0 aliphatic carbocycles. The zero-order chi connectivity index (χ0) is 18.4. The average molecular weight is 357 g/mol. The van der Waals surface area contributed by atoms with Crippen molar-refractivity contribution < 1.29 is 4.39 Å². The Bertz CT molecular complexity index is 684. The molecular weight excluding hydrogens is 329 g/mol. The fourth-order valence-electron chi connectivity index (χ4n) is 3.42. The summed E-state index contributed by atoms with van der Waals surface area (Å²) >= 11 is 0. The molecule has 1 saturated heterocycles. The Kier molecular flexibility index (Phi) is 6.39. The smallest absolute Gasteiger partial charge is 0.224 e. The van der Waals surface area contributed by atoms with Crippen LogP contribution < -0.4 is 10.2 Å².